The number of methoxy groups -OCH3 is 1. The van der Waals surface area contributed by atoms with Gasteiger partial charge in [0.05, 0.1) is 17.5 Å². The summed E-state index contributed by atoms with van der Waals surface area (Å²) in [5.74, 6) is -3.48. The largest absolute Gasteiger partial charge is 0.482 e. The fourth-order valence-electron chi connectivity index (χ4n) is 2.36. The first-order valence-electron chi connectivity index (χ1n) is 8.00. The number of esters is 1. The molecule has 0 amide bonds. The summed E-state index contributed by atoms with van der Waals surface area (Å²) in [6.45, 7) is -0.466. The molecule has 0 fully saturated rings. The molecule has 0 aliphatic heterocycles. The minimum absolute atomic E-state index is 0.0129. The van der Waals surface area contributed by atoms with Crippen molar-refractivity contribution in [2.75, 3.05) is 13.7 Å². The van der Waals surface area contributed by atoms with Crippen molar-refractivity contribution in [1.82, 2.24) is 0 Å². The maximum absolute atomic E-state index is 13.5. The Labute approximate surface area is 166 Å². The number of ether oxygens (including phenoxy) is 3. The molecule has 2 aromatic carbocycles. The zero-order valence-electron chi connectivity index (χ0n) is 14.7. The molecule has 0 aliphatic rings. The topological polar surface area (TPSA) is 75.0 Å². The number of fused-ring (bicyclic) bond motifs is 1. The highest BCUT2D eigenvalue weighted by atomic mass is 35.5. The van der Waals surface area contributed by atoms with E-state index < -0.39 is 41.3 Å². The Hall–Kier alpha value is -3.20. The van der Waals surface area contributed by atoms with Crippen LogP contribution in [-0.4, -0.2) is 19.7 Å². The molecule has 152 valence electrons. The molecule has 0 spiro atoms. The van der Waals surface area contributed by atoms with Crippen LogP contribution in [0.25, 0.3) is 11.0 Å². The Morgan fingerprint density at radius 3 is 2.55 bits per heavy atom. The van der Waals surface area contributed by atoms with Crippen LogP contribution >= 0.6 is 11.6 Å². The van der Waals surface area contributed by atoms with Crippen LogP contribution in [0.5, 0.6) is 17.2 Å². The lowest BCUT2D eigenvalue weighted by Gasteiger charge is -2.14. The minimum atomic E-state index is -5.02. The third-order valence-corrected chi connectivity index (χ3v) is 4.02. The summed E-state index contributed by atoms with van der Waals surface area (Å²) in [7, 11) is 1.15. The van der Waals surface area contributed by atoms with E-state index >= 15 is 0 Å². The van der Waals surface area contributed by atoms with Crippen molar-refractivity contribution in [3.63, 3.8) is 0 Å². The van der Waals surface area contributed by atoms with Crippen molar-refractivity contribution < 1.29 is 36.6 Å². The third kappa shape index (κ3) is 4.45. The van der Waals surface area contributed by atoms with Gasteiger partial charge in [0.2, 0.25) is 11.2 Å². The molecule has 0 saturated heterocycles. The van der Waals surface area contributed by atoms with Crippen LogP contribution in [0.15, 0.2) is 51.7 Å². The van der Waals surface area contributed by atoms with Gasteiger partial charge in [-0.3, -0.25) is 4.79 Å². The molecular formula is C19H12ClF3O6. The van der Waals surface area contributed by atoms with Gasteiger partial charge in [0.1, 0.15) is 17.1 Å². The van der Waals surface area contributed by atoms with Crippen LogP contribution in [0.3, 0.4) is 0 Å². The molecule has 1 aromatic heterocycles. The maximum atomic E-state index is 13.5. The van der Waals surface area contributed by atoms with Gasteiger partial charge in [-0.25, -0.2) is 4.79 Å². The molecule has 0 N–H and O–H groups in total. The van der Waals surface area contributed by atoms with Crippen molar-refractivity contribution in [2.45, 2.75) is 6.18 Å². The van der Waals surface area contributed by atoms with Crippen molar-refractivity contribution >= 4 is 28.5 Å². The van der Waals surface area contributed by atoms with Crippen LogP contribution in [-0.2, 0) is 15.7 Å². The summed E-state index contributed by atoms with van der Waals surface area (Å²) in [5, 5.41) is -0.155. The first kappa shape index (κ1) is 20.5. The molecule has 6 nitrogen and oxygen atoms in total. The van der Waals surface area contributed by atoms with Gasteiger partial charge in [0.25, 0.3) is 5.76 Å². The van der Waals surface area contributed by atoms with E-state index in [0.717, 1.165) is 13.2 Å². The van der Waals surface area contributed by atoms with E-state index in [4.69, 9.17) is 25.5 Å². The number of carbonyl (C=O) groups excluding carboxylic acids is 1. The van der Waals surface area contributed by atoms with Crippen molar-refractivity contribution in [2.24, 2.45) is 0 Å². The highest BCUT2D eigenvalue weighted by Crippen LogP contribution is 2.39. The summed E-state index contributed by atoms with van der Waals surface area (Å²) < 4.78 is 60.2. The number of para-hydroxylation sites is 1. The third-order valence-electron chi connectivity index (χ3n) is 3.71. The average Bonchev–Trinajstić information content (AvgIpc) is 2.68. The second-order valence-corrected chi connectivity index (χ2v) is 6.05. The lowest BCUT2D eigenvalue weighted by Crippen LogP contribution is -2.16. The normalized spacial score (nSPS) is 11.3. The molecule has 0 saturated carbocycles. The van der Waals surface area contributed by atoms with Crippen LogP contribution < -0.4 is 14.9 Å². The van der Waals surface area contributed by atoms with Gasteiger partial charge in [0, 0.05) is 6.07 Å². The van der Waals surface area contributed by atoms with Gasteiger partial charge < -0.3 is 18.6 Å². The van der Waals surface area contributed by atoms with Crippen molar-refractivity contribution in [1.29, 1.82) is 0 Å². The first-order chi connectivity index (χ1) is 13.7. The second kappa shape index (κ2) is 8.04. The maximum Gasteiger partial charge on any atom is 0.453 e. The van der Waals surface area contributed by atoms with Gasteiger partial charge in [0.15, 0.2) is 6.61 Å². The van der Waals surface area contributed by atoms with Crippen LogP contribution in [0.2, 0.25) is 5.02 Å². The molecule has 29 heavy (non-hydrogen) atoms. The molecule has 0 radical (unpaired) electrons. The molecule has 3 rings (SSSR count). The van der Waals surface area contributed by atoms with E-state index in [2.05, 4.69) is 4.74 Å². The first-order valence-corrected chi connectivity index (χ1v) is 8.38. The minimum Gasteiger partial charge on any atom is -0.482 e. The van der Waals surface area contributed by atoms with Gasteiger partial charge >= 0.3 is 12.1 Å². The van der Waals surface area contributed by atoms with E-state index in [0.29, 0.717) is 0 Å². The number of hydrogen-bond acceptors (Lipinski definition) is 6. The number of benzene rings is 2. The van der Waals surface area contributed by atoms with Gasteiger partial charge in [-0.2, -0.15) is 13.2 Å². The lowest BCUT2D eigenvalue weighted by atomic mass is 10.2. The summed E-state index contributed by atoms with van der Waals surface area (Å²) in [4.78, 5) is 23.8. The Kier molecular flexibility index (Phi) is 5.69. The van der Waals surface area contributed by atoms with E-state index in [9.17, 15) is 22.8 Å². The Balaban J connectivity index is 2.11. The highest BCUT2D eigenvalue weighted by Gasteiger charge is 2.40. The number of rotatable bonds is 5. The smallest absolute Gasteiger partial charge is 0.453 e. The van der Waals surface area contributed by atoms with E-state index in [1.54, 1.807) is 6.07 Å². The van der Waals surface area contributed by atoms with Crippen LogP contribution in [0.4, 0.5) is 13.2 Å². The molecule has 3 aromatic rings. The number of carbonyl (C=O) groups is 1. The number of alkyl halides is 3. The molecule has 0 bridgehead atoms. The van der Waals surface area contributed by atoms with Gasteiger partial charge in [-0.05, 0) is 24.3 Å². The van der Waals surface area contributed by atoms with Crippen molar-refractivity contribution in [3.8, 4) is 17.2 Å². The fraction of sp³-hybridized carbons (Fsp3) is 0.158. The van der Waals surface area contributed by atoms with Crippen molar-refractivity contribution in [3.05, 3.63) is 63.5 Å². The van der Waals surface area contributed by atoms with Gasteiger partial charge in [-0.15, -0.1) is 0 Å². The summed E-state index contributed by atoms with van der Waals surface area (Å²) >= 11 is 5.91. The summed E-state index contributed by atoms with van der Waals surface area (Å²) in [6.07, 6.45) is -5.02. The van der Waals surface area contributed by atoms with Crippen LogP contribution in [0, 0.1) is 0 Å². The average molecular weight is 429 g/mol. The zero-order valence-corrected chi connectivity index (χ0v) is 15.5. The van der Waals surface area contributed by atoms with E-state index in [-0.39, 0.29) is 21.9 Å². The molecule has 0 unspecified atom stereocenters. The molecule has 10 heteroatoms. The summed E-state index contributed by atoms with van der Waals surface area (Å²) in [6, 6.07) is 9.32. The predicted molar refractivity (Wildman–Crippen MR) is 96.5 cm³/mol. The SMILES string of the molecule is COC(=O)COc1ccc2c(=O)c(Oc3ccccc3Cl)c(C(F)(F)F)oc2c1. The quantitative estimate of drug-likeness (QED) is 0.543. The molecule has 0 aliphatic carbocycles. The Bertz CT molecular complexity index is 1120. The summed E-state index contributed by atoms with van der Waals surface area (Å²) in [5.41, 5.74) is -1.44. The van der Waals surface area contributed by atoms with Crippen LogP contribution in [0.1, 0.15) is 5.76 Å². The Morgan fingerprint density at radius 1 is 1.17 bits per heavy atom. The lowest BCUT2D eigenvalue weighted by molar-refractivity contribution is -0.154. The van der Waals surface area contributed by atoms with Gasteiger partial charge in [-0.1, -0.05) is 23.7 Å². The molecule has 0 atom stereocenters. The second-order valence-electron chi connectivity index (χ2n) is 5.64. The molecule has 1 heterocycles. The fourth-order valence-corrected chi connectivity index (χ4v) is 2.54. The number of hydrogen-bond donors (Lipinski definition) is 0. The van der Waals surface area contributed by atoms with E-state index in [1.165, 1.54) is 30.3 Å². The zero-order chi connectivity index (χ0) is 21.2. The van der Waals surface area contributed by atoms with E-state index in [1.807, 2.05) is 0 Å². The Morgan fingerprint density at radius 2 is 1.90 bits per heavy atom. The monoisotopic (exact) mass is 428 g/mol. The highest BCUT2D eigenvalue weighted by molar-refractivity contribution is 6.32. The standard InChI is InChI=1S/C19H12ClF3O6/c1-26-15(24)9-27-10-6-7-11-14(8-10)29-18(19(21,22)23)17(16(11)25)28-13-5-3-2-4-12(13)20/h2-8H,9H2,1H3. The predicted octanol–water partition coefficient (Wildman–Crippen LogP) is 4.81. The molecular weight excluding hydrogens is 417 g/mol. The number of halogens is 4.